The van der Waals surface area contributed by atoms with Gasteiger partial charge >= 0.3 is 0 Å². The Bertz CT molecular complexity index is 390. The fourth-order valence-electron chi connectivity index (χ4n) is 1.35. The number of pyridine rings is 1. The summed E-state index contributed by atoms with van der Waals surface area (Å²) < 4.78 is 43.5. The molecule has 0 amide bonds. The van der Waals surface area contributed by atoms with E-state index in [9.17, 15) is 18.3 Å². The third-order valence-electron chi connectivity index (χ3n) is 2.07. The molecule has 1 rings (SSSR count). The van der Waals surface area contributed by atoms with E-state index in [2.05, 4.69) is 9.72 Å². The van der Waals surface area contributed by atoms with Crippen molar-refractivity contribution in [1.29, 1.82) is 0 Å². The molecule has 0 fully saturated rings. The van der Waals surface area contributed by atoms with Crippen molar-refractivity contribution in [2.75, 3.05) is 32.2 Å². The predicted octanol–water partition coefficient (Wildman–Crippen LogP) is 0.942. The summed E-state index contributed by atoms with van der Waals surface area (Å²) in [5.74, 6) is -4.08. The molecule has 0 saturated heterocycles. The van der Waals surface area contributed by atoms with E-state index >= 15 is 0 Å². The van der Waals surface area contributed by atoms with Crippen molar-refractivity contribution in [2.45, 2.75) is 6.10 Å². The molecule has 1 aromatic rings. The Morgan fingerprint density at radius 1 is 1.41 bits per heavy atom. The lowest BCUT2D eigenvalue weighted by Gasteiger charge is -2.21. The molecule has 0 radical (unpaired) electrons. The summed E-state index contributed by atoms with van der Waals surface area (Å²) in [4.78, 5) is 4.32. The lowest BCUT2D eigenvalue weighted by atomic mass is 10.3. The van der Waals surface area contributed by atoms with Crippen molar-refractivity contribution in [3.63, 3.8) is 0 Å². The highest BCUT2D eigenvalue weighted by atomic mass is 19.2. The zero-order valence-corrected chi connectivity index (χ0v) is 9.45. The molecule has 96 valence electrons. The van der Waals surface area contributed by atoms with Crippen LogP contribution < -0.4 is 4.90 Å². The molecule has 0 aliphatic carbocycles. The molecule has 0 aromatic carbocycles. The predicted molar refractivity (Wildman–Crippen MR) is 55.3 cm³/mol. The van der Waals surface area contributed by atoms with Crippen LogP contribution in [0.15, 0.2) is 6.07 Å². The van der Waals surface area contributed by atoms with Crippen LogP contribution in [0.25, 0.3) is 0 Å². The number of anilines is 1. The first-order valence-corrected chi connectivity index (χ1v) is 4.85. The molecule has 0 saturated carbocycles. The smallest absolute Gasteiger partial charge is 0.251 e. The Hall–Kier alpha value is -1.34. The summed E-state index contributed by atoms with van der Waals surface area (Å²) in [6.07, 6.45) is -0.876. The average Bonchev–Trinajstić information content (AvgIpc) is 2.23. The molecule has 0 spiro atoms. The van der Waals surface area contributed by atoms with Crippen LogP contribution in [0.1, 0.15) is 0 Å². The fourth-order valence-corrected chi connectivity index (χ4v) is 1.35. The minimum absolute atomic E-state index is 0.0111. The van der Waals surface area contributed by atoms with Gasteiger partial charge in [-0.15, -0.1) is 0 Å². The summed E-state index contributed by atoms with van der Waals surface area (Å²) in [5, 5.41) is 9.41. The zero-order valence-electron chi connectivity index (χ0n) is 9.45. The fraction of sp³-hybridized carbons (Fsp3) is 0.500. The summed E-state index contributed by atoms with van der Waals surface area (Å²) >= 11 is 0. The van der Waals surface area contributed by atoms with Gasteiger partial charge in [-0.3, -0.25) is 0 Å². The van der Waals surface area contributed by atoms with Gasteiger partial charge in [0.05, 0.1) is 12.7 Å². The van der Waals surface area contributed by atoms with E-state index in [0.29, 0.717) is 6.07 Å². The van der Waals surface area contributed by atoms with E-state index < -0.39 is 23.7 Å². The highest BCUT2D eigenvalue weighted by molar-refractivity contribution is 5.39. The average molecular weight is 250 g/mol. The molecule has 17 heavy (non-hydrogen) atoms. The first-order valence-electron chi connectivity index (χ1n) is 4.85. The second-order valence-electron chi connectivity index (χ2n) is 3.56. The number of hydrogen-bond acceptors (Lipinski definition) is 4. The van der Waals surface area contributed by atoms with Crippen LogP contribution in [0.2, 0.25) is 0 Å². The standard InChI is InChI=1S/C10H13F3N2O2/c1-15(4-6(16)5-17-2)10-8(12)3-7(11)9(13)14-10/h3,6,16H,4-5H2,1-2H3. The second kappa shape index (κ2) is 5.83. The number of aliphatic hydroxyl groups is 1. The first-order chi connectivity index (χ1) is 7.95. The topological polar surface area (TPSA) is 45.6 Å². The number of rotatable bonds is 5. The molecule has 1 atom stereocenters. The largest absolute Gasteiger partial charge is 0.389 e. The Kier molecular flexibility index (Phi) is 4.71. The van der Waals surface area contributed by atoms with Gasteiger partial charge in [-0.1, -0.05) is 0 Å². The number of nitrogens with zero attached hydrogens (tertiary/aromatic N) is 2. The SMILES string of the molecule is COCC(O)CN(C)c1nc(F)c(F)cc1F. The van der Waals surface area contributed by atoms with Crippen LogP contribution in [-0.4, -0.2) is 43.5 Å². The minimum Gasteiger partial charge on any atom is -0.389 e. The van der Waals surface area contributed by atoms with Gasteiger partial charge in [-0.25, -0.2) is 8.78 Å². The monoisotopic (exact) mass is 250 g/mol. The number of hydrogen-bond donors (Lipinski definition) is 1. The number of likely N-dealkylation sites (N-methyl/N-ethyl adjacent to an activating group) is 1. The lowest BCUT2D eigenvalue weighted by molar-refractivity contribution is 0.0693. The van der Waals surface area contributed by atoms with E-state index in [4.69, 9.17) is 0 Å². The van der Waals surface area contributed by atoms with Gasteiger partial charge in [0.25, 0.3) is 5.95 Å². The van der Waals surface area contributed by atoms with Crippen LogP contribution in [0.4, 0.5) is 19.0 Å². The van der Waals surface area contributed by atoms with Crippen LogP contribution in [-0.2, 0) is 4.74 Å². The number of methoxy groups -OCH3 is 1. The highest BCUT2D eigenvalue weighted by Crippen LogP contribution is 2.17. The normalized spacial score (nSPS) is 12.6. The molecular formula is C10H13F3N2O2. The van der Waals surface area contributed by atoms with Crippen molar-refractivity contribution >= 4 is 5.82 Å². The summed E-state index contributed by atoms with van der Waals surface area (Å²) in [7, 11) is 2.81. The van der Waals surface area contributed by atoms with Gasteiger partial charge in [0.1, 0.15) is 0 Å². The van der Waals surface area contributed by atoms with E-state index in [1.807, 2.05) is 0 Å². The first kappa shape index (κ1) is 13.7. The molecule has 1 unspecified atom stereocenters. The molecule has 7 heteroatoms. The Balaban J connectivity index is 2.81. The van der Waals surface area contributed by atoms with Crippen LogP contribution in [0.5, 0.6) is 0 Å². The Labute approximate surface area is 96.6 Å². The van der Waals surface area contributed by atoms with Gasteiger partial charge in [-0.2, -0.15) is 9.37 Å². The number of halogens is 3. The maximum atomic E-state index is 13.3. The molecule has 1 heterocycles. The molecule has 1 N–H and O–H groups in total. The van der Waals surface area contributed by atoms with Crippen LogP contribution in [0, 0.1) is 17.6 Å². The number of ether oxygens (including phenoxy) is 1. The van der Waals surface area contributed by atoms with E-state index in [1.54, 1.807) is 0 Å². The summed E-state index contributed by atoms with van der Waals surface area (Å²) in [6, 6.07) is 0.414. The maximum Gasteiger partial charge on any atom is 0.251 e. The second-order valence-corrected chi connectivity index (χ2v) is 3.56. The third kappa shape index (κ3) is 3.57. The summed E-state index contributed by atoms with van der Waals surface area (Å²) in [5.41, 5.74) is 0. The van der Waals surface area contributed by atoms with Gasteiger partial charge < -0.3 is 14.7 Å². The van der Waals surface area contributed by atoms with Crippen molar-refractivity contribution < 1.29 is 23.0 Å². The van der Waals surface area contributed by atoms with Crippen molar-refractivity contribution in [3.05, 3.63) is 23.6 Å². The van der Waals surface area contributed by atoms with Crippen LogP contribution >= 0.6 is 0 Å². The third-order valence-corrected chi connectivity index (χ3v) is 2.07. The van der Waals surface area contributed by atoms with E-state index in [1.165, 1.54) is 19.1 Å². The van der Waals surface area contributed by atoms with Gasteiger partial charge in [0, 0.05) is 26.8 Å². The van der Waals surface area contributed by atoms with Crippen molar-refractivity contribution in [3.8, 4) is 0 Å². The van der Waals surface area contributed by atoms with Gasteiger partial charge in [0.15, 0.2) is 17.5 Å². The zero-order chi connectivity index (χ0) is 13.0. The lowest BCUT2D eigenvalue weighted by Crippen LogP contribution is -2.33. The highest BCUT2D eigenvalue weighted by Gasteiger charge is 2.17. The van der Waals surface area contributed by atoms with Gasteiger partial charge in [-0.05, 0) is 0 Å². The Morgan fingerprint density at radius 2 is 2.06 bits per heavy atom. The molecular weight excluding hydrogens is 237 g/mol. The summed E-state index contributed by atoms with van der Waals surface area (Å²) in [6.45, 7) is 0.0401. The minimum atomic E-state index is -1.38. The molecule has 4 nitrogen and oxygen atoms in total. The van der Waals surface area contributed by atoms with E-state index in [-0.39, 0.29) is 19.0 Å². The van der Waals surface area contributed by atoms with Gasteiger partial charge in [0.2, 0.25) is 0 Å². The quantitative estimate of drug-likeness (QED) is 0.790. The molecule has 0 aliphatic heterocycles. The van der Waals surface area contributed by atoms with E-state index in [0.717, 1.165) is 0 Å². The van der Waals surface area contributed by atoms with Crippen molar-refractivity contribution in [1.82, 2.24) is 4.98 Å². The molecule has 0 aliphatic rings. The maximum absolute atomic E-state index is 13.3. The Morgan fingerprint density at radius 3 is 2.65 bits per heavy atom. The molecule has 1 aromatic heterocycles. The number of aliphatic hydroxyl groups excluding tert-OH is 1. The molecule has 0 bridgehead atoms. The number of aromatic nitrogens is 1. The van der Waals surface area contributed by atoms with Crippen LogP contribution in [0.3, 0.4) is 0 Å². The van der Waals surface area contributed by atoms with Crippen molar-refractivity contribution in [2.24, 2.45) is 0 Å².